The number of amides is 2. The molecule has 3 aliphatic rings. The summed E-state index contributed by atoms with van der Waals surface area (Å²) < 4.78 is 63.5. The number of hydrogen-bond donors (Lipinski definition) is 4. The molecule has 4 heterocycles. The van der Waals surface area contributed by atoms with Crippen molar-refractivity contribution in [2.75, 3.05) is 66.6 Å². The summed E-state index contributed by atoms with van der Waals surface area (Å²) in [5, 5.41) is 15.4. The number of esters is 3. The number of ether oxygens (including phenoxy) is 11. The molecule has 21 nitrogen and oxygen atoms in total. The minimum absolute atomic E-state index is 0.00605. The molecule has 0 aliphatic carbocycles. The van der Waals surface area contributed by atoms with Gasteiger partial charge in [-0.05, 0) is 116 Å². The number of nitrogens with one attached hydrogen (secondary N) is 2. The lowest BCUT2D eigenvalue weighted by Gasteiger charge is -2.31. The minimum atomic E-state index is -1.09. The van der Waals surface area contributed by atoms with Crippen LogP contribution in [-0.2, 0) is 81.0 Å². The first-order valence-corrected chi connectivity index (χ1v) is 32.6. The first kappa shape index (κ1) is 77.0. The van der Waals surface area contributed by atoms with Crippen LogP contribution in [-0.4, -0.2) is 167 Å². The number of cyclic esters (lactones) is 3. The van der Waals surface area contributed by atoms with Crippen LogP contribution >= 0.6 is 0 Å². The second kappa shape index (κ2) is 38.0. The standard InChI is InChI=1S/C27H36N2O7.C25H39NO6.C20H31NO4/c1-16(2)13-35-25-18(4)36-27(32)21(29-26(31)23-24(30)22(33-5)10-11-28-23)15-34-14-20(25)12-19-8-6-17(3)7-9-19;1-16(2)13-30-22-18(4)31-23(27)21(26-24(28)32-25(5,6)7)15-29-14-20(22)12-19-10-8-17(3)9-11-19;1-13(2)10-24-19-15(4)25-20(22)18(21)12-23-11-17(19)9-16-7-5-14(3)6-8-16/h6-11,16,18,20-21,25,30H,12-15H2,1-5H3,(H,29,31);8-11,16,18,20-22H,12-15H2,1-7H3,(H,26,28);5-8,13,15,17-19H,9-12,21H2,1-4H3/t18-,20-,21-,25-;18-,20-,21-,22-;15-,17-,18-,19-/m000/s1. The van der Waals surface area contributed by atoms with Gasteiger partial charge in [0, 0.05) is 49.8 Å². The molecule has 3 fully saturated rings. The summed E-state index contributed by atoms with van der Waals surface area (Å²) in [5.41, 5.74) is 12.0. The number of methoxy groups -OCH3 is 1. The molecule has 5 N–H and O–H groups in total. The van der Waals surface area contributed by atoms with E-state index < -0.39 is 77.7 Å². The molecule has 3 aromatic carbocycles. The Balaban J connectivity index is 0.000000257. The number of carbonyl (C=O) groups excluding carboxylic acids is 5. The van der Waals surface area contributed by atoms with Gasteiger partial charge in [0.1, 0.15) is 30.0 Å². The maximum Gasteiger partial charge on any atom is 0.408 e. The van der Waals surface area contributed by atoms with Gasteiger partial charge in [0.2, 0.25) is 0 Å². The molecule has 0 spiro atoms. The van der Waals surface area contributed by atoms with E-state index in [1.807, 2.05) is 20.8 Å². The van der Waals surface area contributed by atoms with E-state index in [9.17, 15) is 29.1 Å². The Morgan fingerprint density at radius 3 is 1.27 bits per heavy atom. The molecule has 2 amide bonds. The van der Waals surface area contributed by atoms with Gasteiger partial charge in [-0.15, -0.1) is 0 Å². The zero-order valence-electron chi connectivity index (χ0n) is 57.7. The zero-order valence-corrected chi connectivity index (χ0v) is 57.7. The van der Waals surface area contributed by atoms with Crippen LogP contribution in [0, 0.1) is 56.3 Å². The summed E-state index contributed by atoms with van der Waals surface area (Å²) in [7, 11) is 1.37. The van der Waals surface area contributed by atoms with Gasteiger partial charge in [0.05, 0.1) is 65.1 Å². The summed E-state index contributed by atoms with van der Waals surface area (Å²) in [4.78, 5) is 66.8. The number of aromatic nitrogens is 1. The van der Waals surface area contributed by atoms with E-state index in [1.54, 1.807) is 27.7 Å². The van der Waals surface area contributed by atoms with E-state index in [1.165, 1.54) is 47.2 Å². The van der Waals surface area contributed by atoms with Crippen LogP contribution in [0.4, 0.5) is 4.79 Å². The van der Waals surface area contributed by atoms with Gasteiger partial charge in [-0.2, -0.15) is 0 Å². The molecule has 4 aromatic rings. The number of rotatable bonds is 19. The Morgan fingerprint density at radius 1 is 0.559 bits per heavy atom. The van der Waals surface area contributed by atoms with Gasteiger partial charge >= 0.3 is 24.0 Å². The van der Waals surface area contributed by atoms with Crippen molar-refractivity contribution in [3.63, 3.8) is 0 Å². The predicted octanol–water partition coefficient (Wildman–Crippen LogP) is 9.60. The Hall–Kier alpha value is -6.72. The molecule has 0 unspecified atom stereocenters. The van der Waals surface area contributed by atoms with E-state index in [0.29, 0.717) is 63.8 Å². The lowest BCUT2D eigenvalue weighted by Crippen LogP contribution is -2.48. The topological polar surface area (TPSA) is 270 Å². The molecule has 1 aromatic heterocycles. The van der Waals surface area contributed by atoms with Crippen molar-refractivity contribution < 1.29 is 81.2 Å². The third kappa shape index (κ3) is 26.5. The Bertz CT molecular complexity index is 2920. The van der Waals surface area contributed by atoms with Crippen LogP contribution < -0.4 is 21.1 Å². The van der Waals surface area contributed by atoms with Crippen molar-refractivity contribution >= 4 is 29.9 Å². The Labute approximate surface area is 551 Å². The first-order chi connectivity index (χ1) is 44.0. The molecule has 12 atom stereocenters. The minimum Gasteiger partial charge on any atom is -0.503 e. The highest BCUT2D eigenvalue weighted by Gasteiger charge is 2.39. The highest BCUT2D eigenvalue weighted by molar-refractivity contribution is 5.98. The SMILES string of the molecule is COc1ccnc(C(=O)N[C@H]2COC[C@H](Cc3ccc(C)cc3)[C@@H](OCC(C)C)[C@H](C)OC2=O)c1O.Cc1ccc(C[C@H]2COC[C@H](N)C(=O)O[C@@H](C)[C@@H]2OCC(C)C)cc1.Cc1ccc(C[C@H]2COC[C@H](NC(=O)OC(C)(C)C)C(=O)O[C@@H](C)[C@@H]2OCC(C)C)cc1. The summed E-state index contributed by atoms with van der Waals surface area (Å²) >= 11 is 0. The predicted molar refractivity (Wildman–Crippen MR) is 353 cm³/mol. The number of carbonyl (C=O) groups is 5. The lowest BCUT2D eigenvalue weighted by atomic mass is 9.91. The van der Waals surface area contributed by atoms with E-state index >= 15 is 0 Å². The summed E-state index contributed by atoms with van der Waals surface area (Å²) in [6.45, 7) is 32.4. The van der Waals surface area contributed by atoms with Crippen LogP contribution in [0.3, 0.4) is 0 Å². The fourth-order valence-corrected chi connectivity index (χ4v) is 10.6. The van der Waals surface area contributed by atoms with Crippen LogP contribution in [0.2, 0.25) is 0 Å². The number of aromatic hydroxyl groups is 1. The summed E-state index contributed by atoms with van der Waals surface area (Å²) in [5.74, 6) is -1.64. The molecular weight excluding hydrogens is 1190 g/mol. The van der Waals surface area contributed by atoms with Crippen LogP contribution in [0.5, 0.6) is 11.5 Å². The first-order valence-electron chi connectivity index (χ1n) is 32.6. The van der Waals surface area contributed by atoms with Crippen molar-refractivity contribution in [1.29, 1.82) is 0 Å². The molecule has 0 bridgehead atoms. The average Bonchev–Trinajstić information content (AvgIpc) is 1.99. The largest absolute Gasteiger partial charge is 0.503 e. The third-order valence-electron chi connectivity index (χ3n) is 15.5. The monoisotopic (exact) mass is 1300 g/mol. The van der Waals surface area contributed by atoms with Crippen molar-refractivity contribution in [2.45, 2.75) is 183 Å². The van der Waals surface area contributed by atoms with Gasteiger partial charge in [0.25, 0.3) is 5.91 Å². The quantitative estimate of drug-likeness (QED) is 0.0502. The summed E-state index contributed by atoms with van der Waals surface area (Å²) in [6.07, 6.45) is 0.487. The van der Waals surface area contributed by atoms with Gasteiger partial charge in [0.15, 0.2) is 29.3 Å². The molecule has 516 valence electrons. The normalized spacial score (nSPS) is 24.9. The molecule has 0 radical (unpaired) electrons. The van der Waals surface area contributed by atoms with Crippen molar-refractivity contribution in [3.8, 4) is 11.5 Å². The van der Waals surface area contributed by atoms with Gasteiger partial charge < -0.3 is 73.6 Å². The van der Waals surface area contributed by atoms with Crippen molar-refractivity contribution in [1.82, 2.24) is 15.6 Å². The highest BCUT2D eigenvalue weighted by atomic mass is 16.6. The number of aryl methyl sites for hydroxylation is 3. The number of pyridine rings is 1. The second-order valence-electron chi connectivity index (χ2n) is 27.0. The summed E-state index contributed by atoms with van der Waals surface area (Å²) in [6, 6.07) is 23.8. The molecule has 3 saturated heterocycles. The van der Waals surface area contributed by atoms with Crippen LogP contribution in [0.15, 0.2) is 85.1 Å². The van der Waals surface area contributed by atoms with Crippen LogP contribution in [0.1, 0.15) is 127 Å². The maximum atomic E-state index is 13.0. The number of nitrogens with zero attached hydrogens (tertiary/aromatic N) is 1. The second-order valence-corrected chi connectivity index (χ2v) is 27.0. The van der Waals surface area contributed by atoms with Gasteiger partial charge in [-0.25, -0.2) is 19.4 Å². The number of nitrogens with two attached hydrogens (primary N) is 1. The smallest absolute Gasteiger partial charge is 0.408 e. The van der Waals surface area contributed by atoms with E-state index in [2.05, 4.69) is 144 Å². The third-order valence-corrected chi connectivity index (χ3v) is 15.5. The molecule has 93 heavy (non-hydrogen) atoms. The highest BCUT2D eigenvalue weighted by Crippen LogP contribution is 2.30. The van der Waals surface area contributed by atoms with E-state index in [4.69, 9.17) is 57.8 Å². The molecule has 3 aliphatic heterocycles. The van der Waals surface area contributed by atoms with Crippen molar-refractivity contribution in [3.05, 3.63) is 124 Å². The average molecular weight is 1300 g/mol. The Kier molecular flexibility index (Phi) is 31.4. The fraction of sp³-hybridized carbons (Fsp3) is 0.611. The lowest BCUT2D eigenvalue weighted by molar-refractivity contribution is -0.161. The molecule has 21 heteroatoms. The Morgan fingerprint density at radius 2 is 0.914 bits per heavy atom. The van der Waals surface area contributed by atoms with E-state index in [0.717, 1.165) is 18.4 Å². The molecule has 7 rings (SSSR count). The molecule has 0 saturated carbocycles. The van der Waals surface area contributed by atoms with E-state index in [-0.39, 0.29) is 67.3 Å². The molecular formula is C72H106N4O17. The number of hydrogen-bond acceptors (Lipinski definition) is 19. The number of benzene rings is 3. The van der Waals surface area contributed by atoms with Crippen LogP contribution in [0.25, 0.3) is 0 Å². The zero-order chi connectivity index (χ0) is 68.5. The van der Waals surface area contributed by atoms with Gasteiger partial charge in [-0.3, -0.25) is 9.59 Å². The number of alkyl carbamates (subject to hydrolysis) is 1. The van der Waals surface area contributed by atoms with Gasteiger partial charge in [-0.1, -0.05) is 131 Å². The van der Waals surface area contributed by atoms with Crippen molar-refractivity contribution in [2.24, 2.45) is 41.2 Å². The fourth-order valence-electron chi connectivity index (χ4n) is 10.6. The maximum absolute atomic E-state index is 13.0.